The lowest BCUT2D eigenvalue weighted by Crippen LogP contribution is -2.50. The monoisotopic (exact) mass is 384 g/mol. The van der Waals surface area contributed by atoms with Crippen LogP contribution in [0.2, 0.25) is 0 Å². The van der Waals surface area contributed by atoms with Crippen LogP contribution in [0.25, 0.3) is 0 Å². The lowest BCUT2D eigenvalue weighted by Gasteiger charge is -2.35. The molecule has 2 aliphatic rings. The zero-order chi connectivity index (χ0) is 20.6. The molecule has 2 N–H and O–H groups in total. The van der Waals surface area contributed by atoms with E-state index in [1.165, 1.54) is 17.9 Å². The van der Waals surface area contributed by atoms with Crippen LogP contribution >= 0.6 is 0 Å². The van der Waals surface area contributed by atoms with Gasteiger partial charge >= 0.3 is 11.9 Å². The molecule has 1 amide bonds. The molecule has 2 heterocycles. The highest BCUT2D eigenvalue weighted by molar-refractivity contribution is 6.22. The minimum atomic E-state index is -1.83. The Labute approximate surface area is 161 Å². The van der Waals surface area contributed by atoms with Gasteiger partial charge in [0.05, 0.1) is 7.11 Å². The highest BCUT2D eigenvalue weighted by atomic mass is 16.5. The summed E-state index contributed by atoms with van der Waals surface area (Å²) in [4.78, 5) is 40.6. The summed E-state index contributed by atoms with van der Waals surface area (Å²) in [5.74, 6) is -2.46. The van der Waals surface area contributed by atoms with Gasteiger partial charge in [-0.15, -0.1) is 0 Å². The van der Waals surface area contributed by atoms with E-state index in [0.29, 0.717) is 11.3 Å². The van der Waals surface area contributed by atoms with Gasteiger partial charge in [-0.3, -0.25) is 4.79 Å². The third-order valence-corrected chi connectivity index (χ3v) is 4.83. The van der Waals surface area contributed by atoms with Crippen molar-refractivity contribution in [3.63, 3.8) is 0 Å². The lowest BCUT2D eigenvalue weighted by atomic mass is 9.67. The van der Waals surface area contributed by atoms with Crippen LogP contribution < -0.4 is 10.6 Å². The summed E-state index contributed by atoms with van der Waals surface area (Å²) in [6, 6.07) is 6.82. The molecule has 0 saturated heterocycles. The molecule has 0 bridgehead atoms. The van der Waals surface area contributed by atoms with E-state index in [2.05, 4.69) is 6.58 Å². The van der Waals surface area contributed by atoms with Gasteiger partial charge in [0, 0.05) is 18.3 Å². The maximum absolute atomic E-state index is 13.6. The number of nitrogens with zero attached hydrogens (tertiary/aromatic N) is 1. The molecule has 8 heteroatoms. The fourth-order valence-electron chi connectivity index (χ4n) is 3.74. The van der Waals surface area contributed by atoms with Crippen molar-refractivity contribution >= 4 is 23.5 Å². The van der Waals surface area contributed by atoms with E-state index < -0.39 is 23.3 Å². The predicted octanol–water partition coefficient (Wildman–Crippen LogP) is 1.28. The van der Waals surface area contributed by atoms with Crippen molar-refractivity contribution in [3.05, 3.63) is 65.3 Å². The molecule has 0 fully saturated rings. The van der Waals surface area contributed by atoms with Crippen molar-refractivity contribution in [2.75, 3.05) is 25.7 Å². The number of likely N-dealkylation sites (N-methyl/N-ethyl adjacent to an activating group) is 1. The van der Waals surface area contributed by atoms with Crippen LogP contribution in [0, 0.1) is 0 Å². The maximum atomic E-state index is 13.6. The number of hydrogen-bond donors (Lipinski definition) is 1. The van der Waals surface area contributed by atoms with Gasteiger partial charge in [-0.1, -0.05) is 30.9 Å². The van der Waals surface area contributed by atoms with E-state index in [1.54, 1.807) is 31.3 Å². The van der Waals surface area contributed by atoms with E-state index >= 15 is 0 Å². The molecular formula is C20H20N2O6. The number of anilines is 1. The number of nitrogens with two attached hydrogens (primary N) is 1. The Balaban J connectivity index is 2.40. The van der Waals surface area contributed by atoms with E-state index in [-0.39, 0.29) is 29.4 Å². The van der Waals surface area contributed by atoms with Crippen molar-refractivity contribution in [2.45, 2.75) is 12.3 Å². The van der Waals surface area contributed by atoms with Crippen molar-refractivity contribution in [1.82, 2.24) is 0 Å². The number of hydrogen-bond acceptors (Lipinski definition) is 7. The molecule has 0 radical (unpaired) electrons. The first-order chi connectivity index (χ1) is 13.3. The largest absolute Gasteiger partial charge is 0.465 e. The number of ether oxygens (including phenoxy) is 3. The molecule has 8 nitrogen and oxygen atoms in total. The lowest BCUT2D eigenvalue weighted by molar-refractivity contribution is -0.142. The van der Waals surface area contributed by atoms with Gasteiger partial charge in [-0.25, -0.2) is 9.59 Å². The van der Waals surface area contributed by atoms with Gasteiger partial charge in [0.1, 0.15) is 28.9 Å². The Morgan fingerprint density at radius 2 is 1.96 bits per heavy atom. The number of fused-ring (bicyclic) bond motifs is 2. The molecule has 1 atom stereocenters. The quantitative estimate of drug-likeness (QED) is 0.615. The Morgan fingerprint density at radius 1 is 1.29 bits per heavy atom. The SMILES string of the molecule is C=CCOC(=O)C1=C(C)OC(N)=C(C(=O)OC)[C@@]12C(=O)N(C)c1ccccc12. The van der Waals surface area contributed by atoms with Gasteiger partial charge < -0.3 is 24.8 Å². The third kappa shape index (κ3) is 2.41. The average molecular weight is 384 g/mol. The number of benzene rings is 1. The Morgan fingerprint density at radius 3 is 2.61 bits per heavy atom. The van der Waals surface area contributed by atoms with Crippen molar-refractivity contribution in [3.8, 4) is 0 Å². The molecule has 0 unspecified atom stereocenters. The van der Waals surface area contributed by atoms with Gasteiger partial charge in [0.2, 0.25) is 11.8 Å². The van der Waals surface area contributed by atoms with E-state index in [4.69, 9.17) is 19.9 Å². The molecule has 2 aliphatic heterocycles. The summed E-state index contributed by atoms with van der Waals surface area (Å²) in [6.45, 7) is 4.92. The van der Waals surface area contributed by atoms with Crippen LogP contribution in [0.15, 0.2) is 59.7 Å². The number of rotatable bonds is 4. The molecular weight excluding hydrogens is 364 g/mol. The summed E-state index contributed by atoms with van der Waals surface area (Å²) >= 11 is 0. The molecule has 0 aromatic heterocycles. The molecule has 0 saturated carbocycles. The molecule has 28 heavy (non-hydrogen) atoms. The molecule has 3 rings (SSSR count). The second kappa shape index (κ2) is 6.88. The number of amides is 1. The summed E-state index contributed by atoms with van der Waals surface area (Å²) in [5.41, 5.74) is 4.75. The fraction of sp³-hybridized carbons (Fsp3) is 0.250. The van der Waals surface area contributed by atoms with Crippen molar-refractivity contribution < 1.29 is 28.6 Å². The molecule has 1 spiro atoms. The normalized spacial score (nSPS) is 20.8. The molecule has 146 valence electrons. The van der Waals surface area contributed by atoms with E-state index in [9.17, 15) is 14.4 Å². The summed E-state index contributed by atoms with van der Waals surface area (Å²) in [6.07, 6.45) is 1.39. The van der Waals surface area contributed by atoms with Gasteiger partial charge in [0.25, 0.3) is 0 Å². The molecule has 0 aliphatic carbocycles. The zero-order valence-electron chi connectivity index (χ0n) is 15.8. The van der Waals surface area contributed by atoms with Crippen LogP contribution in [-0.2, 0) is 34.0 Å². The summed E-state index contributed by atoms with van der Waals surface area (Å²) in [5, 5.41) is 0. The number of allylic oxidation sites excluding steroid dienone is 1. The average Bonchev–Trinajstić information content (AvgIpc) is 2.89. The predicted molar refractivity (Wildman–Crippen MR) is 99.7 cm³/mol. The molecule has 1 aromatic rings. The van der Waals surface area contributed by atoms with Crippen molar-refractivity contribution in [1.29, 1.82) is 0 Å². The molecule has 1 aromatic carbocycles. The topological polar surface area (TPSA) is 108 Å². The van der Waals surface area contributed by atoms with Crippen molar-refractivity contribution in [2.24, 2.45) is 5.73 Å². The van der Waals surface area contributed by atoms with Gasteiger partial charge in [-0.05, 0) is 13.0 Å². The van der Waals surface area contributed by atoms with Crippen LogP contribution in [0.1, 0.15) is 12.5 Å². The standard InChI is InChI=1S/C20H20N2O6/c1-5-10-27-18(24)14-11(2)28-16(21)15(17(23)26-4)20(14)12-8-6-7-9-13(12)22(3)19(20)25/h5-9H,1,10,21H2,2-4H3/t20-/m0/s1. The van der Waals surface area contributed by atoms with Gasteiger partial charge in [-0.2, -0.15) is 0 Å². The Kier molecular flexibility index (Phi) is 4.72. The van der Waals surface area contributed by atoms with Gasteiger partial charge in [0.15, 0.2) is 0 Å². The zero-order valence-corrected chi connectivity index (χ0v) is 15.8. The number of carbonyl (C=O) groups excluding carboxylic acids is 3. The van der Waals surface area contributed by atoms with E-state index in [0.717, 1.165) is 7.11 Å². The summed E-state index contributed by atoms with van der Waals surface area (Å²) < 4.78 is 15.5. The third-order valence-electron chi connectivity index (χ3n) is 4.83. The minimum Gasteiger partial charge on any atom is -0.465 e. The second-order valence-corrected chi connectivity index (χ2v) is 6.28. The first-order valence-corrected chi connectivity index (χ1v) is 8.45. The highest BCUT2D eigenvalue weighted by Gasteiger charge is 2.63. The van der Waals surface area contributed by atoms with E-state index in [1.807, 2.05) is 0 Å². The van der Waals surface area contributed by atoms with Crippen LogP contribution in [-0.4, -0.2) is 38.6 Å². The smallest absolute Gasteiger partial charge is 0.340 e. The maximum Gasteiger partial charge on any atom is 0.340 e. The van der Waals surface area contributed by atoms with Crippen LogP contribution in [0.5, 0.6) is 0 Å². The van der Waals surface area contributed by atoms with Crippen LogP contribution in [0.3, 0.4) is 0 Å². The Hall–Kier alpha value is -3.55. The number of para-hydroxylation sites is 1. The first-order valence-electron chi connectivity index (χ1n) is 8.45. The number of methoxy groups -OCH3 is 1. The number of esters is 2. The van der Waals surface area contributed by atoms with Crippen LogP contribution in [0.4, 0.5) is 5.69 Å². The number of carbonyl (C=O) groups is 3. The minimum absolute atomic E-state index is 0.0673. The second-order valence-electron chi connectivity index (χ2n) is 6.28. The summed E-state index contributed by atoms with van der Waals surface area (Å²) in [7, 11) is 2.71. The first kappa shape index (κ1) is 19.2. The highest BCUT2D eigenvalue weighted by Crippen LogP contribution is 2.54. The Bertz CT molecular complexity index is 961. The fourth-order valence-corrected chi connectivity index (χ4v) is 3.74.